The van der Waals surface area contributed by atoms with Crippen LogP contribution < -0.4 is 0 Å². The molecular weight excluding hydrogens is 278 g/mol. The first-order valence-corrected chi connectivity index (χ1v) is 8.12. The first-order chi connectivity index (χ1) is 10.1. The Hall–Kier alpha value is -1.23. The van der Waals surface area contributed by atoms with Crippen LogP contribution in [-0.2, 0) is 4.79 Å². The Morgan fingerprint density at radius 1 is 1.00 bits per heavy atom. The molecule has 0 N–H and O–H groups in total. The van der Waals surface area contributed by atoms with Crippen LogP contribution in [0.5, 0.6) is 0 Å². The Bertz CT molecular complexity index is 328. The summed E-state index contributed by atoms with van der Waals surface area (Å²) >= 11 is 0. The molecule has 5 nitrogen and oxygen atoms in total. The van der Waals surface area contributed by atoms with E-state index in [9.17, 15) is 9.59 Å². The van der Waals surface area contributed by atoms with Crippen molar-refractivity contribution in [1.82, 2.24) is 14.7 Å². The van der Waals surface area contributed by atoms with Gasteiger partial charge in [-0.15, -0.1) is 0 Å². The van der Waals surface area contributed by atoms with Crippen LogP contribution in [-0.4, -0.2) is 66.4 Å². The maximum atomic E-state index is 11.6. The predicted molar refractivity (Wildman–Crippen MR) is 91.6 cm³/mol. The predicted octanol–water partition coefficient (Wildman–Crippen LogP) is 3.01. The molecule has 2 aliphatic rings. The van der Waals surface area contributed by atoms with Crippen LogP contribution in [0.15, 0.2) is 0 Å². The van der Waals surface area contributed by atoms with Crippen molar-refractivity contribution in [1.29, 1.82) is 0 Å². The van der Waals surface area contributed by atoms with Crippen molar-refractivity contribution in [2.24, 2.45) is 0 Å². The minimum absolute atomic E-state index is 0. The van der Waals surface area contributed by atoms with Crippen LogP contribution in [0.25, 0.3) is 0 Å². The van der Waals surface area contributed by atoms with Gasteiger partial charge in [0.1, 0.15) is 6.54 Å². The molecule has 5 heteroatoms. The van der Waals surface area contributed by atoms with Gasteiger partial charge in [0.15, 0.2) is 0 Å². The van der Waals surface area contributed by atoms with Gasteiger partial charge in [-0.3, -0.25) is 9.69 Å². The van der Waals surface area contributed by atoms with E-state index in [2.05, 4.69) is 4.90 Å². The number of urea groups is 1. The Morgan fingerprint density at radius 3 is 2.05 bits per heavy atom. The standard InChI is InChI=1S/C13H23N3O2.C3H7.CH4/c1-14-11-12(17)16(13(14)18)10-6-5-9-15-7-3-2-4-8-15;1-3-2;/h2-11H2,1H3;3H,1-2H3;1H4/q;+1;. The summed E-state index contributed by atoms with van der Waals surface area (Å²) in [5, 5.41) is 0. The summed E-state index contributed by atoms with van der Waals surface area (Å²) in [5.41, 5.74) is 0. The lowest BCUT2D eigenvalue weighted by atomic mass is 10.1. The van der Waals surface area contributed by atoms with Crippen molar-refractivity contribution in [3.05, 3.63) is 6.42 Å². The first-order valence-electron chi connectivity index (χ1n) is 8.12. The van der Waals surface area contributed by atoms with Crippen molar-refractivity contribution < 1.29 is 9.59 Å². The minimum atomic E-state index is -0.141. The number of carbonyl (C=O) groups excluding carboxylic acids is 2. The van der Waals surface area contributed by atoms with E-state index in [0.29, 0.717) is 6.54 Å². The molecule has 22 heavy (non-hydrogen) atoms. The number of hydrogen-bond donors (Lipinski definition) is 0. The zero-order chi connectivity index (χ0) is 15.7. The summed E-state index contributed by atoms with van der Waals surface area (Å²) < 4.78 is 0. The van der Waals surface area contributed by atoms with Crippen LogP contribution in [0.3, 0.4) is 0 Å². The molecule has 0 atom stereocenters. The Kier molecular flexibility index (Phi) is 10.7. The Labute approximate surface area is 136 Å². The number of piperidine rings is 1. The third-order valence-corrected chi connectivity index (χ3v) is 3.79. The normalized spacial score (nSPS) is 18.7. The highest BCUT2D eigenvalue weighted by molar-refractivity contribution is 6.01. The second kappa shape index (κ2) is 11.4. The fourth-order valence-corrected chi connectivity index (χ4v) is 2.68. The molecule has 0 saturated carbocycles. The van der Waals surface area contributed by atoms with Crippen molar-refractivity contribution in [3.63, 3.8) is 0 Å². The lowest BCUT2D eigenvalue weighted by Crippen LogP contribution is -2.34. The SMILES string of the molecule is C.CN1CC(=O)N(CCCCN2CCCCC2)C1=O.C[CH+]C. The average molecular weight is 312 g/mol. The molecule has 0 aromatic heterocycles. The van der Waals surface area contributed by atoms with Crippen LogP contribution in [0.2, 0.25) is 0 Å². The van der Waals surface area contributed by atoms with Gasteiger partial charge in [-0.1, -0.05) is 13.8 Å². The second-order valence-corrected chi connectivity index (χ2v) is 5.87. The van der Waals surface area contributed by atoms with E-state index in [-0.39, 0.29) is 25.9 Å². The number of likely N-dealkylation sites (N-methyl/N-ethyl adjacent to an activating group) is 1. The third-order valence-electron chi connectivity index (χ3n) is 3.79. The average Bonchev–Trinajstić information content (AvgIpc) is 2.71. The third kappa shape index (κ3) is 6.69. The monoisotopic (exact) mass is 312 g/mol. The zero-order valence-corrected chi connectivity index (χ0v) is 13.8. The molecule has 2 fully saturated rings. The van der Waals surface area contributed by atoms with Crippen LogP contribution in [0, 0.1) is 6.42 Å². The van der Waals surface area contributed by atoms with Gasteiger partial charge in [0.05, 0.1) is 20.3 Å². The first kappa shape index (κ1) is 20.8. The quantitative estimate of drug-likeness (QED) is 0.445. The Morgan fingerprint density at radius 2 is 1.55 bits per heavy atom. The van der Waals surface area contributed by atoms with Gasteiger partial charge in [-0.25, -0.2) is 4.79 Å². The molecule has 2 aliphatic heterocycles. The summed E-state index contributed by atoms with van der Waals surface area (Å²) in [6.07, 6.45) is 7.98. The molecule has 0 unspecified atom stereocenters. The molecule has 0 radical (unpaired) electrons. The van der Waals surface area contributed by atoms with E-state index in [0.717, 1.165) is 19.4 Å². The molecule has 2 saturated heterocycles. The van der Waals surface area contributed by atoms with Gasteiger partial charge in [0, 0.05) is 13.6 Å². The fourth-order valence-electron chi connectivity index (χ4n) is 2.68. The minimum Gasteiger partial charge on any atom is -0.318 e. The van der Waals surface area contributed by atoms with E-state index in [4.69, 9.17) is 0 Å². The van der Waals surface area contributed by atoms with Gasteiger partial charge in [0.25, 0.3) is 0 Å². The highest BCUT2D eigenvalue weighted by Crippen LogP contribution is 2.11. The molecular formula is C17H34N3O2+. The van der Waals surface area contributed by atoms with Crippen molar-refractivity contribution in [3.8, 4) is 0 Å². The van der Waals surface area contributed by atoms with E-state index in [1.54, 1.807) is 7.05 Å². The van der Waals surface area contributed by atoms with Gasteiger partial charge in [0.2, 0.25) is 5.91 Å². The molecule has 2 rings (SSSR count). The van der Waals surface area contributed by atoms with Crippen LogP contribution in [0.4, 0.5) is 4.79 Å². The van der Waals surface area contributed by atoms with E-state index in [1.807, 2.05) is 20.3 Å². The summed E-state index contributed by atoms with van der Waals surface area (Å²) in [6.45, 7) is 8.35. The van der Waals surface area contributed by atoms with Gasteiger partial charge < -0.3 is 9.80 Å². The Balaban J connectivity index is 0.00000102. The molecule has 2 heterocycles. The largest absolute Gasteiger partial charge is 0.326 e. The maximum Gasteiger partial charge on any atom is 0.326 e. The van der Waals surface area contributed by atoms with E-state index < -0.39 is 0 Å². The number of imide groups is 1. The van der Waals surface area contributed by atoms with Crippen molar-refractivity contribution >= 4 is 11.9 Å². The summed E-state index contributed by atoms with van der Waals surface area (Å²) in [4.78, 5) is 28.5. The molecule has 0 bridgehead atoms. The lowest BCUT2D eigenvalue weighted by Gasteiger charge is -2.26. The fraction of sp³-hybridized carbons (Fsp3) is 0.824. The smallest absolute Gasteiger partial charge is 0.318 e. The molecule has 0 spiro atoms. The lowest BCUT2D eigenvalue weighted by molar-refractivity contribution is -0.125. The summed E-state index contributed by atoms with van der Waals surface area (Å²) in [5.74, 6) is -0.0551. The van der Waals surface area contributed by atoms with Crippen LogP contribution in [0.1, 0.15) is 53.4 Å². The molecule has 0 aliphatic carbocycles. The summed E-state index contributed by atoms with van der Waals surface area (Å²) in [6, 6.07) is -0.141. The number of unbranched alkanes of at least 4 members (excludes halogenated alkanes) is 1. The van der Waals surface area contributed by atoms with Crippen molar-refractivity contribution in [2.45, 2.75) is 53.4 Å². The molecule has 128 valence electrons. The highest BCUT2D eigenvalue weighted by Gasteiger charge is 2.32. The molecule has 0 aromatic rings. The number of rotatable bonds is 5. The topological polar surface area (TPSA) is 43.9 Å². The van der Waals surface area contributed by atoms with Crippen molar-refractivity contribution in [2.75, 3.05) is 39.8 Å². The number of carbonyl (C=O) groups is 2. The zero-order valence-electron chi connectivity index (χ0n) is 13.8. The van der Waals surface area contributed by atoms with Crippen LogP contribution >= 0.6 is 0 Å². The number of nitrogens with zero attached hydrogens (tertiary/aromatic N) is 3. The number of hydrogen-bond acceptors (Lipinski definition) is 3. The van der Waals surface area contributed by atoms with Gasteiger partial charge >= 0.3 is 6.03 Å². The molecule has 0 aromatic carbocycles. The number of likely N-dealkylation sites (tertiary alicyclic amines) is 1. The van der Waals surface area contributed by atoms with Gasteiger partial charge in [-0.05, 0) is 45.3 Å². The van der Waals surface area contributed by atoms with E-state index >= 15 is 0 Å². The van der Waals surface area contributed by atoms with E-state index in [1.165, 1.54) is 42.2 Å². The summed E-state index contributed by atoms with van der Waals surface area (Å²) in [7, 11) is 1.67. The van der Waals surface area contributed by atoms with Gasteiger partial charge in [-0.2, -0.15) is 0 Å². The molecule has 3 amide bonds. The second-order valence-electron chi connectivity index (χ2n) is 5.87. The maximum absolute atomic E-state index is 11.6. The highest BCUT2D eigenvalue weighted by atomic mass is 16.2. The number of amides is 3.